The normalized spacial score (nSPS) is 11.7. The molecule has 1 N–H and O–H groups in total. The number of halogens is 3. The topological polar surface area (TPSA) is 29.9 Å². The minimum absolute atomic E-state index is 0.214. The van der Waals surface area contributed by atoms with Gasteiger partial charge in [-0.2, -0.15) is 13.2 Å². The molecule has 1 heterocycles. The number of anilines is 1. The minimum Gasteiger partial charge on any atom is -0.355 e. The van der Waals surface area contributed by atoms with Gasteiger partial charge in [0.05, 0.1) is 11.3 Å². The zero-order valence-electron chi connectivity index (χ0n) is 12.3. The van der Waals surface area contributed by atoms with Crippen molar-refractivity contribution in [1.82, 2.24) is 9.55 Å². The van der Waals surface area contributed by atoms with E-state index in [-0.39, 0.29) is 5.56 Å². The highest BCUT2D eigenvalue weighted by Crippen LogP contribution is 2.33. The van der Waals surface area contributed by atoms with Crippen molar-refractivity contribution in [3.05, 3.63) is 41.2 Å². The fourth-order valence-corrected chi connectivity index (χ4v) is 2.12. The highest BCUT2D eigenvalue weighted by Gasteiger charge is 2.32. The minimum atomic E-state index is -4.35. The molecule has 3 nitrogen and oxygen atoms in total. The highest BCUT2D eigenvalue weighted by molar-refractivity contribution is 5.47. The van der Waals surface area contributed by atoms with Crippen molar-refractivity contribution in [2.24, 2.45) is 0 Å². The molecule has 0 saturated heterocycles. The summed E-state index contributed by atoms with van der Waals surface area (Å²) in [5, 5.41) is 3.13. The van der Waals surface area contributed by atoms with Crippen LogP contribution >= 0.6 is 0 Å². The molecule has 1 aromatic heterocycles. The first-order valence-electron chi connectivity index (χ1n) is 6.81. The first-order chi connectivity index (χ1) is 9.82. The molecule has 6 heteroatoms. The molecule has 1 aromatic carbocycles. The number of aromatic nitrogens is 2. The summed E-state index contributed by atoms with van der Waals surface area (Å²) in [7, 11) is 0. The van der Waals surface area contributed by atoms with Crippen LogP contribution < -0.4 is 5.32 Å². The van der Waals surface area contributed by atoms with Gasteiger partial charge in [0.15, 0.2) is 0 Å². The highest BCUT2D eigenvalue weighted by atomic mass is 19.4. The standard InChI is InChI=1S/C15H18F3N3/c1-4-7-19-14-20-11(3)9-21(14)12-6-5-10(2)13(8-12)15(16,17)18/h5-6,8-9H,4,7H2,1-3H3,(H,19,20). The van der Waals surface area contributed by atoms with Crippen LogP contribution in [0.2, 0.25) is 0 Å². The van der Waals surface area contributed by atoms with Crippen LogP contribution in [-0.2, 0) is 6.18 Å². The van der Waals surface area contributed by atoms with Crippen LogP contribution in [0.1, 0.15) is 30.2 Å². The number of alkyl halides is 3. The summed E-state index contributed by atoms with van der Waals surface area (Å²) in [6.07, 6.45) is -1.72. The number of imidazole rings is 1. The van der Waals surface area contributed by atoms with Gasteiger partial charge >= 0.3 is 6.18 Å². The van der Waals surface area contributed by atoms with Crippen LogP contribution in [0.15, 0.2) is 24.4 Å². The lowest BCUT2D eigenvalue weighted by Gasteiger charge is -2.14. The second-order valence-electron chi connectivity index (χ2n) is 5.00. The number of rotatable bonds is 4. The quantitative estimate of drug-likeness (QED) is 0.910. The lowest BCUT2D eigenvalue weighted by Crippen LogP contribution is -2.10. The van der Waals surface area contributed by atoms with Crippen LogP contribution in [0.3, 0.4) is 0 Å². The van der Waals surface area contributed by atoms with Crippen molar-refractivity contribution in [2.45, 2.75) is 33.4 Å². The van der Waals surface area contributed by atoms with Gasteiger partial charge in [-0.05, 0) is 38.0 Å². The Morgan fingerprint density at radius 2 is 1.95 bits per heavy atom. The maximum atomic E-state index is 13.0. The maximum Gasteiger partial charge on any atom is 0.416 e. The molecule has 0 unspecified atom stereocenters. The van der Waals surface area contributed by atoms with Gasteiger partial charge in [-0.15, -0.1) is 0 Å². The maximum absolute atomic E-state index is 13.0. The molecule has 0 amide bonds. The van der Waals surface area contributed by atoms with Crippen LogP contribution in [0.5, 0.6) is 0 Å². The Kier molecular flexibility index (Phi) is 4.25. The summed E-state index contributed by atoms with van der Waals surface area (Å²) < 4.78 is 40.7. The molecular weight excluding hydrogens is 279 g/mol. The van der Waals surface area contributed by atoms with E-state index in [9.17, 15) is 13.2 Å². The fourth-order valence-electron chi connectivity index (χ4n) is 2.12. The number of nitrogens with one attached hydrogen (secondary N) is 1. The monoisotopic (exact) mass is 297 g/mol. The second kappa shape index (κ2) is 5.79. The predicted molar refractivity (Wildman–Crippen MR) is 76.8 cm³/mol. The summed E-state index contributed by atoms with van der Waals surface area (Å²) in [6, 6.07) is 4.31. The average molecular weight is 297 g/mol. The van der Waals surface area contributed by atoms with E-state index in [4.69, 9.17) is 0 Å². The Hall–Kier alpha value is -1.98. The van der Waals surface area contributed by atoms with Gasteiger partial charge in [0.1, 0.15) is 0 Å². The zero-order chi connectivity index (χ0) is 15.6. The van der Waals surface area contributed by atoms with Crippen molar-refractivity contribution in [1.29, 1.82) is 0 Å². The second-order valence-corrected chi connectivity index (χ2v) is 5.00. The van der Waals surface area contributed by atoms with Gasteiger partial charge in [-0.25, -0.2) is 4.98 Å². The summed E-state index contributed by atoms with van der Waals surface area (Å²) in [5.41, 5.74) is 0.800. The molecule has 0 spiro atoms. The van der Waals surface area contributed by atoms with Gasteiger partial charge in [0.25, 0.3) is 0 Å². The molecule has 114 valence electrons. The molecule has 2 rings (SSSR count). The Balaban J connectivity index is 2.47. The van der Waals surface area contributed by atoms with Gasteiger partial charge < -0.3 is 5.32 Å². The number of hydrogen-bond acceptors (Lipinski definition) is 2. The van der Waals surface area contributed by atoms with Crippen LogP contribution in [0, 0.1) is 13.8 Å². The first-order valence-corrected chi connectivity index (χ1v) is 6.81. The predicted octanol–water partition coefficient (Wildman–Crippen LogP) is 4.33. The van der Waals surface area contributed by atoms with E-state index in [2.05, 4.69) is 10.3 Å². The molecule has 0 aliphatic carbocycles. The van der Waals surface area contributed by atoms with E-state index >= 15 is 0 Å². The Bertz CT molecular complexity index is 630. The van der Waals surface area contributed by atoms with Gasteiger partial charge in [0, 0.05) is 18.4 Å². The number of nitrogens with zero attached hydrogens (tertiary/aromatic N) is 2. The first kappa shape index (κ1) is 15.4. The van der Waals surface area contributed by atoms with E-state index in [0.717, 1.165) is 18.2 Å². The molecule has 0 aliphatic rings. The van der Waals surface area contributed by atoms with Gasteiger partial charge in [-0.1, -0.05) is 13.0 Å². The van der Waals surface area contributed by atoms with E-state index in [0.29, 0.717) is 18.2 Å². The molecular formula is C15H18F3N3. The Morgan fingerprint density at radius 3 is 2.57 bits per heavy atom. The van der Waals surface area contributed by atoms with E-state index in [1.165, 1.54) is 13.0 Å². The largest absolute Gasteiger partial charge is 0.416 e. The number of hydrogen-bond donors (Lipinski definition) is 1. The van der Waals surface area contributed by atoms with Crippen LogP contribution in [0.4, 0.5) is 19.1 Å². The lowest BCUT2D eigenvalue weighted by atomic mass is 10.1. The van der Waals surface area contributed by atoms with E-state index in [1.54, 1.807) is 16.8 Å². The summed E-state index contributed by atoms with van der Waals surface area (Å²) in [4.78, 5) is 4.31. The molecule has 0 saturated carbocycles. The third-order valence-corrected chi connectivity index (χ3v) is 3.16. The molecule has 2 aromatic rings. The Labute approximate surface area is 121 Å². The third-order valence-electron chi connectivity index (χ3n) is 3.16. The van der Waals surface area contributed by atoms with Gasteiger partial charge in [0.2, 0.25) is 5.95 Å². The van der Waals surface area contributed by atoms with Crippen LogP contribution in [0.25, 0.3) is 5.69 Å². The third kappa shape index (κ3) is 3.37. The summed E-state index contributed by atoms with van der Waals surface area (Å²) >= 11 is 0. The van der Waals surface area contributed by atoms with Crippen molar-refractivity contribution in [2.75, 3.05) is 11.9 Å². The van der Waals surface area contributed by atoms with E-state index < -0.39 is 11.7 Å². The lowest BCUT2D eigenvalue weighted by molar-refractivity contribution is -0.138. The average Bonchev–Trinajstić information content (AvgIpc) is 2.76. The summed E-state index contributed by atoms with van der Waals surface area (Å²) in [6.45, 7) is 6.00. The van der Waals surface area contributed by atoms with Crippen molar-refractivity contribution in [3.8, 4) is 5.69 Å². The summed E-state index contributed by atoms with van der Waals surface area (Å²) in [5.74, 6) is 0.561. The molecule has 0 radical (unpaired) electrons. The van der Waals surface area contributed by atoms with E-state index in [1.807, 2.05) is 13.8 Å². The van der Waals surface area contributed by atoms with Crippen molar-refractivity contribution >= 4 is 5.95 Å². The molecule has 0 fully saturated rings. The molecule has 0 atom stereocenters. The molecule has 21 heavy (non-hydrogen) atoms. The SMILES string of the molecule is CCCNc1nc(C)cn1-c1ccc(C)c(C(F)(F)F)c1. The number of benzene rings is 1. The molecule has 0 aliphatic heterocycles. The van der Waals surface area contributed by atoms with Gasteiger partial charge in [-0.3, -0.25) is 4.57 Å². The smallest absolute Gasteiger partial charge is 0.355 e. The zero-order valence-corrected chi connectivity index (χ0v) is 12.3. The number of aryl methyl sites for hydroxylation is 2. The fraction of sp³-hybridized carbons (Fsp3) is 0.400. The van der Waals surface area contributed by atoms with Crippen molar-refractivity contribution in [3.63, 3.8) is 0 Å². The Morgan fingerprint density at radius 1 is 1.24 bits per heavy atom. The van der Waals surface area contributed by atoms with Crippen LogP contribution in [-0.4, -0.2) is 16.1 Å². The molecule has 0 bridgehead atoms. The van der Waals surface area contributed by atoms with Crippen molar-refractivity contribution < 1.29 is 13.2 Å².